The summed E-state index contributed by atoms with van der Waals surface area (Å²) in [6, 6.07) is 13.0. The number of carbonyl (C=O) groups is 2. The number of hydrogen-bond acceptors (Lipinski definition) is 3. The standard InChI is InChI=1S/C17H17NO3/c1-12-8-15(9-13(2)16(12)10-19)18-17(20)21-11-14-6-4-3-5-7-14/h3-10H,11H2,1-2H3,(H,18,20). The second-order valence-corrected chi connectivity index (χ2v) is 4.83. The van der Waals surface area contributed by atoms with Gasteiger partial charge in [-0.25, -0.2) is 4.79 Å². The van der Waals surface area contributed by atoms with Gasteiger partial charge in [0.2, 0.25) is 0 Å². The molecule has 2 aromatic rings. The van der Waals surface area contributed by atoms with E-state index in [0.717, 1.165) is 23.0 Å². The van der Waals surface area contributed by atoms with Crippen LogP contribution < -0.4 is 5.32 Å². The molecule has 0 aliphatic rings. The normalized spacial score (nSPS) is 10.0. The Morgan fingerprint density at radius 2 is 1.76 bits per heavy atom. The lowest BCUT2D eigenvalue weighted by atomic mass is 10.0. The van der Waals surface area contributed by atoms with Crippen LogP contribution in [0.25, 0.3) is 0 Å². The van der Waals surface area contributed by atoms with Gasteiger partial charge in [-0.1, -0.05) is 30.3 Å². The number of aryl methyl sites for hydroxylation is 2. The predicted molar refractivity (Wildman–Crippen MR) is 81.6 cm³/mol. The third-order valence-corrected chi connectivity index (χ3v) is 3.17. The molecule has 4 nitrogen and oxygen atoms in total. The first-order chi connectivity index (χ1) is 10.1. The van der Waals surface area contributed by atoms with Crippen molar-refractivity contribution in [1.29, 1.82) is 0 Å². The summed E-state index contributed by atoms with van der Waals surface area (Å²) in [6.07, 6.45) is 0.304. The summed E-state index contributed by atoms with van der Waals surface area (Å²) in [5.41, 5.74) is 3.84. The summed E-state index contributed by atoms with van der Waals surface area (Å²) in [6.45, 7) is 3.88. The van der Waals surface area contributed by atoms with E-state index in [0.29, 0.717) is 11.3 Å². The largest absolute Gasteiger partial charge is 0.444 e. The Hall–Kier alpha value is -2.62. The highest BCUT2D eigenvalue weighted by Gasteiger charge is 2.08. The van der Waals surface area contributed by atoms with E-state index in [1.807, 2.05) is 44.2 Å². The van der Waals surface area contributed by atoms with Crippen LogP contribution in [0, 0.1) is 13.8 Å². The number of aldehydes is 1. The van der Waals surface area contributed by atoms with Crippen LogP contribution in [0.15, 0.2) is 42.5 Å². The number of hydrogen-bond donors (Lipinski definition) is 1. The van der Waals surface area contributed by atoms with Crippen molar-refractivity contribution in [2.75, 3.05) is 5.32 Å². The number of anilines is 1. The van der Waals surface area contributed by atoms with Crippen LogP contribution in [0.2, 0.25) is 0 Å². The highest BCUT2D eigenvalue weighted by Crippen LogP contribution is 2.19. The van der Waals surface area contributed by atoms with E-state index >= 15 is 0 Å². The molecule has 4 heteroatoms. The molecule has 21 heavy (non-hydrogen) atoms. The third kappa shape index (κ3) is 3.92. The first-order valence-electron chi connectivity index (χ1n) is 6.64. The summed E-state index contributed by atoms with van der Waals surface area (Å²) in [7, 11) is 0. The molecule has 0 heterocycles. The van der Waals surface area contributed by atoms with Crippen LogP contribution in [0.1, 0.15) is 27.0 Å². The Kier molecular flexibility index (Phi) is 4.72. The minimum absolute atomic E-state index is 0.219. The Bertz CT molecular complexity index is 627. The van der Waals surface area contributed by atoms with Crippen LogP contribution in [-0.2, 0) is 11.3 Å². The Morgan fingerprint density at radius 1 is 1.14 bits per heavy atom. The lowest BCUT2D eigenvalue weighted by Crippen LogP contribution is -2.14. The minimum Gasteiger partial charge on any atom is -0.444 e. The molecule has 2 rings (SSSR count). The van der Waals surface area contributed by atoms with Gasteiger partial charge >= 0.3 is 6.09 Å². The molecule has 0 atom stereocenters. The fraction of sp³-hybridized carbons (Fsp3) is 0.176. The number of ether oxygens (including phenoxy) is 1. The molecule has 1 amide bonds. The number of carbonyl (C=O) groups excluding carboxylic acids is 2. The third-order valence-electron chi connectivity index (χ3n) is 3.17. The zero-order valence-corrected chi connectivity index (χ0v) is 12.1. The lowest BCUT2D eigenvalue weighted by Gasteiger charge is -2.10. The van der Waals surface area contributed by atoms with Crippen molar-refractivity contribution >= 4 is 18.1 Å². The van der Waals surface area contributed by atoms with Crippen molar-refractivity contribution in [2.45, 2.75) is 20.5 Å². The summed E-state index contributed by atoms with van der Waals surface area (Å²) < 4.78 is 5.15. The van der Waals surface area contributed by atoms with Crippen molar-refractivity contribution in [3.8, 4) is 0 Å². The van der Waals surface area contributed by atoms with E-state index in [2.05, 4.69) is 5.32 Å². The molecular formula is C17H17NO3. The molecule has 0 saturated carbocycles. The fourth-order valence-electron chi connectivity index (χ4n) is 2.11. The number of nitrogens with one attached hydrogen (secondary N) is 1. The molecule has 0 aromatic heterocycles. The molecule has 0 aliphatic heterocycles. The number of rotatable bonds is 4. The van der Waals surface area contributed by atoms with Gasteiger partial charge in [-0.2, -0.15) is 0 Å². The van der Waals surface area contributed by atoms with Crippen molar-refractivity contribution < 1.29 is 14.3 Å². The first kappa shape index (κ1) is 14.8. The van der Waals surface area contributed by atoms with Crippen molar-refractivity contribution in [3.05, 3.63) is 64.7 Å². The van der Waals surface area contributed by atoms with Crippen LogP contribution in [0.3, 0.4) is 0 Å². The van der Waals surface area contributed by atoms with Crippen LogP contribution >= 0.6 is 0 Å². The minimum atomic E-state index is -0.517. The van der Waals surface area contributed by atoms with Gasteiger partial charge in [0.1, 0.15) is 6.61 Å². The summed E-state index contributed by atoms with van der Waals surface area (Å²) in [5, 5.41) is 2.67. The molecule has 0 fully saturated rings. The highest BCUT2D eigenvalue weighted by atomic mass is 16.5. The molecule has 0 radical (unpaired) electrons. The molecule has 108 valence electrons. The SMILES string of the molecule is Cc1cc(NC(=O)OCc2ccccc2)cc(C)c1C=O. The molecule has 0 saturated heterocycles. The van der Waals surface area contributed by atoms with Crippen molar-refractivity contribution in [2.24, 2.45) is 0 Å². The van der Waals surface area contributed by atoms with E-state index in [4.69, 9.17) is 4.74 Å². The maximum Gasteiger partial charge on any atom is 0.411 e. The smallest absolute Gasteiger partial charge is 0.411 e. The molecule has 0 spiro atoms. The number of benzene rings is 2. The molecule has 2 aromatic carbocycles. The second kappa shape index (κ2) is 6.70. The van der Waals surface area contributed by atoms with E-state index in [-0.39, 0.29) is 6.61 Å². The predicted octanol–water partition coefficient (Wildman–Crippen LogP) is 3.86. The Morgan fingerprint density at radius 3 is 2.33 bits per heavy atom. The van der Waals surface area contributed by atoms with E-state index < -0.39 is 6.09 Å². The molecule has 1 N–H and O–H groups in total. The monoisotopic (exact) mass is 283 g/mol. The summed E-state index contributed by atoms with van der Waals surface area (Å²) in [5.74, 6) is 0. The fourth-order valence-corrected chi connectivity index (χ4v) is 2.11. The molecule has 0 aliphatic carbocycles. The first-order valence-corrected chi connectivity index (χ1v) is 6.64. The maximum atomic E-state index is 11.8. The van der Waals surface area contributed by atoms with Gasteiger partial charge in [-0.15, -0.1) is 0 Å². The second-order valence-electron chi connectivity index (χ2n) is 4.83. The van der Waals surface area contributed by atoms with Crippen LogP contribution in [0.5, 0.6) is 0 Å². The molecule has 0 unspecified atom stereocenters. The summed E-state index contributed by atoms with van der Waals surface area (Å²) >= 11 is 0. The quantitative estimate of drug-likeness (QED) is 0.867. The lowest BCUT2D eigenvalue weighted by molar-refractivity contribution is 0.112. The van der Waals surface area contributed by atoms with Gasteiger partial charge in [0.25, 0.3) is 0 Å². The van der Waals surface area contributed by atoms with Gasteiger partial charge < -0.3 is 4.74 Å². The van der Waals surface area contributed by atoms with E-state index in [9.17, 15) is 9.59 Å². The maximum absolute atomic E-state index is 11.8. The van der Waals surface area contributed by atoms with Crippen LogP contribution in [0.4, 0.5) is 10.5 Å². The van der Waals surface area contributed by atoms with Gasteiger partial charge in [0.15, 0.2) is 6.29 Å². The van der Waals surface area contributed by atoms with Gasteiger partial charge in [-0.3, -0.25) is 10.1 Å². The molecule has 0 bridgehead atoms. The summed E-state index contributed by atoms with van der Waals surface area (Å²) in [4.78, 5) is 22.7. The number of amides is 1. The van der Waals surface area contributed by atoms with Crippen molar-refractivity contribution in [3.63, 3.8) is 0 Å². The van der Waals surface area contributed by atoms with Gasteiger partial charge in [0.05, 0.1) is 0 Å². The Labute approximate surface area is 123 Å². The van der Waals surface area contributed by atoms with E-state index in [1.54, 1.807) is 12.1 Å². The zero-order chi connectivity index (χ0) is 15.2. The van der Waals surface area contributed by atoms with Gasteiger partial charge in [0, 0.05) is 11.3 Å². The highest BCUT2D eigenvalue weighted by molar-refractivity contribution is 5.87. The van der Waals surface area contributed by atoms with Crippen LogP contribution in [-0.4, -0.2) is 12.4 Å². The van der Waals surface area contributed by atoms with Gasteiger partial charge in [-0.05, 0) is 42.7 Å². The average Bonchev–Trinajstić information content (AvgIpc) is 2.46. The van der Waals surface area contributed by atoms with Crippen molar-refractivity contribution in [1.82, 2.24) is 0 Å². The topological polar surface area (TPSA) is 55.4 Å². The molecular weight excluding hydrogens is 266 g/mol. The Balaban J connectivity index is 1.98. The van der Waals surface area contributed by atoms with E-state index in [1.165, 1.54) is 0 Å². The zero-order valence-electron chi connectivity index (χ0n) is 12.1. The average molecular weight is 283 g/mol.